The SMILES string of the molecule is Cc1nc2ccccc2n1-c1ccc(C(=O)O)cc1[N+](=O)[O-]. The fourth-order valence-electron chi connectivity index (χ4n) is 2.44. The van der Waals surface area contributed by atoms with Gasteiger partial charge in [-0.15, -0.1) is 0 Å². The second-order valence-corrected chi connectivity index (χ2v) is 4.75. The van der Waals surface area contributed by atoms with Gasteiger partial charge in [-0.2, -0.15) is 0 Å². The number of imidazole rings is 1. The van der Waals surface area contributed by atoms with Crippen molar-refractivity contribution in [1.29, 1.82) is 0 Å². The molecule has 22 heavy (non-hydrogen) atoms. The molecule has 0 unspecified atom stereocenters. The summed E-state index contributed by atoms with van der Waals surface area (Å²) in [4.78, 5) is 26.1. The summed E-state index contributed by atoms with van der Waals surface area (Å²) in [5.74, 6) is -0.616. The molecule has 3 rings (SSSR count). The number of carboxylic acid groups (broad SMARTS) is 1. The van der Waals surface area contributed by atoms with Crippen LogP contribution in [0.5, 0.6) is 0 Å². The van der Waals surface area contributed by atoms with Crippen LogP contribution in [0.15, 0.2) is 42.5 Å². The first-order valence-electron chi connectivity index (χ1n) is 6.45. The number of carbonyl (C=O) groups is 1. The summed E-state index contributed by atoms with van der Waals surface area (Å²) >= 11 is 0. The van der Waals surface area contributed by atoms with Gasteiger partial charge in [0.15, 0.2) is 0 Å². The van der Waals surface area contributed by atoms with Crippen LogP contribution < -0.4 is 0 Å². The minimum absolute atomic E-state index is 0.127. The Kier molecular flexibility index (Phi) is 3.10. The molecule has 0 aliphatic carbocycles. The normalized spacial score (nSPS) is 10.8. The molecule has 0 atom stereocenters. The Bertz CT molecular complexity index is 914. The molecule has 0 amide bonds. The van der Waals surface area contributed by atoms with Crippen molar-refractivity contribution in [3.8, 4) is 5.69 Å². The largest absolute Gasteiger partial charge is 0.478 e. The van der Waals surface area contributed by atoms with Gasteiger partial charge in [-0.05, 0) is 31.2 Å². The molecule has 0 aliphatic rings. The molecule has 2 aromatic carbocycles. The molecule has 0 aliphatic heterocycles. The average Bonchev–Trinajstić information content (AvgIpc) is 2.82. The minimum Gasteiger partial charge on any atom is -0.478 e. The Morgan fingerprint density at radius 3 is 2.68 bits per heavy atom. The van der Waals surface area contributed by atoms with Crippen LogP contribution in [0.2, 0.25) is 0 Å². The van der Waals surface area contributed by atoms with Crippen LogP contribution in [-0.2, 0) is 0 Å². The van der Waals surface area contributed by atoms with Crippen LogP contribution in [0.3, 0.4) is 0 Å². The van der Waals surface area contributed by atoms with E-state index in [4.69, 9.17) is 5.11 Å². The van der Waals surface area contributed by atoms with Crippen molar-refractivity contribution in [2.45, 2.75) is 6.92 Å². The molecule has 0 fully saturated rings. The van der Waals surface area contributed by atoms with Crippen molar-refractivity contribution >= 4 is 22.7 Å². The third-order valence-corrected chi connectivity index (χ3v) is 3.39. The molecule has 1 aromatic heterocycles. The van der Waals surface area contributed by atoms with E-state index in [1.165, 1.54) is 12.1 Å². The van der Waals surface area contributed by atoms with Crippen LogP contribution in [0, 0.1) is 17.0 Å². The molecule has 0 saturated carbocycles. The zero-order chi connectivity index (χ0) is 15.9. The van der Waals surface area contributed by atoms with Gasteiger partial charge in [-0.3, -0.25) is 14.7 Å². The van der Waals surface area contributed by atoms with E-state index in [1.807, 2.05) is 24.3 Å². The van der Waals surface area contributed by atoms with Gasteiger partial charge in [0.05, 0.1) is 21.5 Å². The zero-order valence-corrected chi connectivity index (χ0v) is 11.6. The molecule has 7 nitrogen and oxygen atoms in total. The van der Waals surface area contributed by atoms with E-state index in [1.54, 1.807) is 11.5 Å². The Labute approximate surface area is 124 Å². The lowest BCUT2D eigenvalue weighted by atomic mass is 10.1. The third-order valence-electron chi connectivity index (χ3n) is 3.39. The number of fused-ring (bicyclic) bond motifs is 1. The maximum Gasteiger partial charge on any atom is 0.335 e. The molecule has 110 valence electrons. The van der Waals surface area contributed by atoms with E-state index in [9.17, 15) is 14.9 Å². The van der Waals surface area contributed by atoms with Crippen LogP contribution in [0.1, 0.15) is 16.2 Å². The Balaban J connectivity index is 2.33. The lowest BCUT2D eigenvalue weighted by Gasteiger charge is -2.08. The fourth-order valence-corrected chi connectivity index (χ4v) is 2.44. The number of nitrogens with zero attached hydrogens (tertiary/aromatic N) is 3. The van der Waals surface area contributed by atoms with Crippen LogP contribution in [0.4, 0.5) is 5.69 Å². The number of rotatable bonds is 3. The maximum absolute atomic E-state index is 11.3. The summed E-state index contributed by atoms with van der Waals surface area (Å²) in [5.41, 5.74) is 1.34. The fraction of sp³-hybridized carbons (Fsp3) is 0.0667. The first kappa shape index (κ1) is 13.7. The van der Waals surface area contributed by atoms with Gasteiger partial charge >= 0.3 is 5.97 Å². The Morgan fingerprint density at radius 2 is 2.00 bits per heavy atom. The number of benzene rings is 2. The second-order valence-electron chi connectivity index (χ2n) is 4.75. The van der Waals surface area contributed by atoms with Crippen LogP contribution in [0.25, 0.3) is 16.7 Å². The molecule has 0 radical (unpaired) electrons. The first-order chi connectivity index (χ1) is 10.5. The predicted molar refractivity (Wildman–Crippen MR) is 79.4 cm³/mol. The highest BCUT2D eigenvalue weighted by Gasteiger charge is 2.21. The summed E-state index contributed by atoms with van der Waals surface area (Å²) in [5, 5.41) is 20.3. The van der Waals surface area contributed by atoms with Gasteiger partial charge in [0.25, 0.3) is 5.69 Å². The highest BCUT2D eigenvalue weighted by atomic mass is 16.6. The van der Waals surface area contributed by atoms with Gasteiger partial charge in [0.1, 0.15) is 11.5 Å². The quantitative estimate of drug-likeness (QED) is 0.592. The van der Waals surface area contributed by atoms with E-state index in [2.05, 4.69) is 4.98 Å². The lowest BCUT2D eigenvalue weighted by molar-refractivity contribution is -0.384. The number of para-hydroxylation sites is 2. The number of aryl methyl sites for hydroxylation is 1. The number of aromatic nitrogens is 2. The summed E-state index contributed by atoms with van der Waals surface area (Å²) in [6, 6.07) is 11.1. The minimum atomic E-state index is -1.21. The highest BCUT2D eigenvalue weighted by molar-refractivity contribution is 5.89. The molecule has 1 N–H and O–H groups in total. The molecule has 0 saturated heterocycles. The second kappa shape index (κ2) is 4.96. The van der Waals surface area contributed by atoms with E-state index in [0.717, 1.165) is 17.1 Å². The summed E-state index contributed by atoms with van der Waals surface area (Å²) in [7, 11) is 0. The van der Waals surface area contributed by atoms with Crippen molar-refractivity contribution in [3.05, 3.63) is 64.0 Å². The molecule has 7 heteroatoms. The molecule has 0 bridgehead atoms. The number of carboxylic acids is 1. The molecular weight excluding hydrogens is 286 g/mol. The van der Waals surface area contributed by atoms with Crippen LogP contribution >= 0.6 is 0 Å². The summed E-state index contributed by atoms with van der Waals surface area (Å²) in [6.45, 7) is 1.74. The predicted octanol–water partition coefficient (Wildman–Crippen LogP) is 2.94. The van der Waals surface area contributed by atoms with Crippen molar-refractivity contribution in [1.82, 2.24) is 9.55 Å². The summed E-state index contributed by atoms with van der Waals surface area (Å²) < 4.78 is 1.65. The monoisotopic (exact) mass is 297 g/mol. The van der Waals surface area contributed by atoms with Gasteiger partial charge in [0.2, 0.25) is 0 Å². The number of hydrogen-bond donors (Lipinski definition) is 1. The first-order valence-corrected chi connectivity index (χ1v) is 6.45. The van der Waals surface area contributed by atoms with Crippen molar-refractivity contribution < 1.29 is 14.8 Å². The van der Waals surface area contributed by atoms with Gasteiger partial charge < -0.3 is 5.11 Å². The maximum atomic E-state index is 11.3. The number of nitro benzene ring substituents is 1. The molecular formula is C15H11N3O4. The molecule has 0 spiro atoms. The standard InChI is InChI=1S/C15H11N3O4/c1-9-16-11-4-2-3-5-12(11)17(9)13-7-6-10(15(19)20)8-14(13)18(21)22/h2-8H,1H3,(H,19,20). The molecule has 3 aromatic rings. The van der Waals surface area contributed by atoms with Gasteiger partial charge in [-0.25, -0.2) is 9.78 Å². The Morgan fingerprint density at radius 1 is 1.27 bits per heavy atom. The van der Waals surface area contributed by atoms with Crippen molar-refractivity contribution in [3.63, 3.8) is 0 Å². The van der Waals surface area contributed by atoms with Gasteiger partial charge in [-0.1, -0.05) is 12.1 Å². The van der Waals surface area contributed by atoms with Gasteiger partial charge in [0, 0.05) is 6.07 Å². The lowest BCUT2D eigenvalue weighted by Crippen LogP contribution is -2.05. The van der Waals surface area contributed by atoms with E-state index < -0.39 is 10.9 Å². The van der Waals surface area contributed by atoms with E-state index in [-0.39, 0.29) is 11.3 Å². The smallest absolute Gasteiger partial charge is 0.335 e. The third kappa shape index (κ3) is 2.08. The van der Waals surface area contributed by atoms with E-state index in [0.29, 0.717) is 11.5 Å². The van der Waals surface area contributed by atoms with Crippen molar-refractivity contribution in [2.75, 3.05) is 0 Å². The Hall–Kier alpha value is -3.22. The topological polar surface area (TPSA) is 98.3 Å². The number of aromatic carboxylic acids is 1. The van der Waals surface area contributed by atoms with E-state index >= 15 is 0 Å². The summed E-state index contributed by atoms with van der Waals surface area (Å²) in [6.07, 6.45) is 0. The number of hydrogen-bond acceptors (Lipinski definition) is 4. The average molecular weight is 297 g/mol. The highest BCUT2D eigenvalue weighted by Crippen LogP contribution is 2.29. The van der Waals surface area contributed by atoms with Crippen molar-refractivity contribution in [2.24, 2.45) is 0 Å². The zero-order valence-electron chi connectivity index (χ0n) is 11.6. The van der Waals surface area contributed by atoms with Crippen LogP contribution in [-0.4, -0.2) is 25.6 Å². The molecule has 1 heterocycles. The number of nitro groups is 1.